The number of carbonyl (C=O) groups is 3. The number of thioether (sulfide) groups is 1. The Bertz CT molecular complexity index is 896. The normalized spacial score (nSPS) is 23.2. The fraction of sp³-hybridized carbons (Fsp3) is 0.389. The second-order valence-corrected chi connectivity index (χ2v) is 9.64. The van der Waals surface area contributed by atoms with E-state index < -0.39 is 32.9 Å². The summed E-state index contributed by atoms with van der Waals surface area (Å²) in [6.07, 6.45) is 2.01. The Kier molecular flexibility index (Phi) is 5.71. The van der Waals surface area contributed by atoms with Crippen LogP contribution >= 0.6 is 11.8 Å². The largest absolute Gasteiger partial charge is 0.337 e. The third-order valence-corrected chi connectivity index (χ3v) is 7.23. The number of imide groups is 1. The van der Waals surface area contributed by atoms with E-state index >= 15 is 0 Å². The van der Waals surface area contributed by atoms with Crippen molar-refractivity contribution in [2.45, 2.75) is 19.4 Å². The molecule has 2 aliphatic rings. The van der Waals surface area contributed by atoms with E-state index in [9.17, 15) is 22.8 Å². The second-order valence-electron chi connectivity index (χ2n) is 6.42. The van der Waals surface area contributed by atoms with E-state index in [2.05, 4.69) is 0 Å². The summed E-state index contributed by atoms with van der Waals surface area (Å²) in [6, 6.07) is 8.75. The predicted molar refractivity (Wildman–Crippen MR) is 104 cm³/mol. The van der Waals surface area contributed by atoms with Gasteiger partial charge in [0.15, 0.2) is 9.84 Å². The lowest BCUT2D eigenvalue weighted by molar-refractivity contribution is -0.137. The molecule has 1 aromatic rings. The van der Waals surface area contributed by atoms with Gasteiger partial charge in [0.05, 0.1) is 16.4 Å². The molecule has 0 aromatic heterocycles. The van der Waals surface area contributed by atoms with Crippen LogP contribution in [0, 0.1) is 0 Å². The van der Waals surface area contributed by atoms with E-state index in [1.165, 1.54) is 4.90 Å². The van der Waals surface area contributed by atoms with Crippen LogP contribution in [0.3, 0.4) is 0 Å². The monoisotopic (exact) mass is 408 g/mol. The first-order valence-electron chi connectivity index (χ1n) is 8.61. The summed E-state index contributed by atoms with van der Waals surface area (Å²) in [5.74, 6) is -0.925. The molecule has 2 saturated heterocycles. The summed E-state index contributed by atoms with van der Waals surface area (Å²) in [5.41, 5.74) is 0.792. The number of likely N-dealkylation sites (N-methyl/N-ethyl adjacent to an activating group) is 1. The van der Waals surface area contributed by atoms with Gasteiger partial charge in [-0.3, -0.25) is 19.3 Å². The summed E-state index contributed by atoms with van der Waals surface area (Å²) < 4.78 is 23.4. The number of hydrogen-bond donors (Lipinski definition) is 0. The zero-order chi connectivity index (χ0) is 19.6. The summed E-state index contributed by atoms with van der Waals surface area (Å²) in [6.45, 7) is 1.71. The van der Waals surface area contributed by atoms with E-state index in [0.717, 1.165) is 22.2 Å². The molecule has 9 heteroatoms. The molecule has 2 aliphatic heterocycles. The molecule has 0 unspecified atom stereocenters. The Morgan fingerprint density at radius 1 is 1.30 bits per heavy atom. The molecule has 0 radical (unpaired) electrons. The highest BCUT2D eigenvalue weighted by Crippen LogP contribution is 2.32. The smallest absolute Gasteiger partial charge is 0.294 e. The Balaban J connectivity index is 1.71. The standard InChI is InChI=1S/C18H20N2O5S2/c1-2-19(14-8-9-27(24,25)12-14)16(21)11-20-17(22)15(26-18(20)23)10-13-6-4-3-5-7-13/h3-7,10,14H,2,8-9,11-12H2,1H3/b15-10+/t14-/m0/s1. The molecule has 3 rings (SSSR count). The molecule has 0 N–H and O–H groups in total. The summed E-state index contributed by atoms with van der Waals surface area (Å²) in [5, 5.41) is -0.495. The SMILES string of the molecule is CCN(C(=O)CN1C(=O)S/C(=C/c2ccccc2)C1=O)[C@H]1CCS(=O)(=O)C1. The lowest BCUT2D eigenvalue weighted by Crippen LogP contribution is -2.47. The van der Waals surface area contributed by atoms with Crippen LogP contribution in [0.2, 0.25) is 0 Å². The average molecular weight is 409 g/mol. The maximum atomic E-state index is 12.6. The zero-order valence-corrected chi connectivity index (χ0v) is 16.5. The van der Waals surface area contributed by atoms with Gasteiger partial charge in [-0.2, -0.15) is 0 Å². The molecule has 1 aromatic carbocycles. The van der Waals surface area contributed by atoms with Crippen LogP contribution in [0.25, 0.3) is 6.08 Å². The van der Waals surface area contributed by atoms with E-state index in [4.69, 9.17) is 0 Å². The molecule has 7 nitrogen and oxygen atoms in total. The molecular weight excluding hydrogens is 388 g/mol. The van der Waals surface area contributed by atoms with Crippen molar-refractivity contribution in [2.75, 3.05) is 24.6 Å². The number of benzene rings is 1. The predicted octanol–water partition coefficient (Wildman–Crippen LogP) is 1.76. The van der Waals surface area contributed by atoms with Crippen molar-refractivity contribution in [3.63, 3.8) is 0 Å². The van der Waals surface area contributed by atoms with E-state index in [-0.39, 0.29) is 23.0 Å². The van der Waals surface area contributed by atoms with Gasteiger partial charge in [-0.1, -0.05) is 30.3 Å². The van der Waals surface area contributed by atoms with Gasteiger partial charge in [-0.25, -0.2) is 8.42 Å². The lowest BCUT2D eigenvalue weighted by atomic mass is 10.2. The number of carbonyl (C=O) groups excluding carboxylic acids is 3. The first kappa shape index (κ1) is 19.6. The van der Waals surface area contributed by atoms with E-state index in [1.807, 2.05) is 30.3 Å². The van der Waals surface area contributed by atoms with Crippen molar-refractivity contribution in [1.82, 2.24) is 9.80 Å². The number of amides is 3. The van der Waals surface area contributed by atoms with Crippen molar-refractivity contribution in [2.24, 2.45) is 0 Å². The van der Waals surface area contributed by atoms with Crippen LogP contribution in [0.15, 0.2) is 35.2 Å². The van der Waals surface area contributed by atoms with Crippen LogP contribution in [-0.2, 0) is 19.4 Å². The third kappa shape index (κ3) is 4.41. The topological polar surface area (TPSA) is 91.8 Å². The van der Waals surface area contributed by atoms with Gasteiger partial charge in [-0.15, -0.1) is 0 Å². The third-order valence-electron chi connectivity index (χ3n) is 4.57. The van der Waals surface area contributed by atoms with Crippen LogP contribution in [-0.4, -0.2) is 65.9 Å². The maximum absolute atomic E-state index is 12.6. The Labute approximate surface area is 162 Å². The van der Waals surface area contributed by atoms with Crippen LogP contribution in [0.5, 0.6) is 0 Å². The molecule has 2 heterocycles. The molecule has 0 saturated carbocycles. The Morgan fingerprint density at radius 2 is 2.00 bits per heavy atom. The zero-order valence-electron chi connectivity index (χ0n) is 14.8. The van der Waals surface area contributed by atoms with Gasteiger partial charge < -0.3 is 4.90 Å². The van der Waals surface area contributed by atoms with Gasteiger partial charge in [-0.05, 0) is 36.7 Å². The first-order chi connectivity index (χ1) is 12.8. The van der Waals surface area contributed by atoms with Crippen molar-refractivity contribution < 1.29 is 22.8 Å². The molecule has 0 bridgehead atoms. The summed E-state index contributed by atoms with van der Waals surface area (Å²) >= 11 is 0.802. The highest BCUT2D eigenvalue weighted by Gasteiger charge is 2.39. The highest BCUT2D eigenvalue weighted by atomic mass is 32.2. The lowest BCUT2D eigenvalue weighted by Gasteiger charge is -2.28. The van der Waals surface area contributed by atoms with E-state index in [1.54, 1.807) is 13.0 Å². The summed E-state index contributed by atoms with van der Waals surface area (Å²) in [4.78, 5) is 40.0. The number of sulfone groups is 1. The first-order valence-corrected chi connectivity index (χ1v) is 11.2. The van der Waals surface area contributed by atoms with Gasteiger partial charge in [0.2, 0.25) is 5.91 Å². The van der Waals surface area contributed by atoms with Gasteiger partial charge in [0.25, 0.3) is 11.1 Å². The Morgan fingerprint density at radius 3 is 2.59 bits per heavy atom. The minimum absolute atomic E-state index is 0.0584. The molecule has 144 valence electrons. The number of rotatable bonds is 5. The Hall–Kier alpha value is -2.13. The molecule has 3 amide bonds. The molecule has 1 atom stereocenters. The number of nitrogens with zero attached hydrogens (tertiary/aromatic N) is 2. The van der Waals surface area contributed by atoms with Gasteiger partial charge in [0, 0.05) is 12.6 Å². The molecule has 2 fully saturated rings. The van der Waals surface area contributed by atoms with Gasteiger partial charge >= 0.3 is 0 Å². The fourth-order valence-electron chi connectivity index (χ4n) is 3.22. The van der Waals surface area contributed by atoms with Crippen LogP contribution in [0.4, 0.5) is 4.79 Å². The number of hydrogen-bond acceptors (Lipinski definition) is 6. The quantitative estimate of drug-likeness (QED) is 0.690. The van der Waals surface area contributed by atoms with Gasteiger partial charge in [0.1, 0.15) is 6.54 Å². The van der Waals surface area contributed by atoms with Crippen molar-refractivity contribution in [3.05, 3.63) is 40.8 Å². The second kappa shape index (κ2) is 7.85. The van der Waals surface area contributed by atoms with Crippen LogP contribution in [0.1, 0.15) is 18.9 Å². The maximum Gasteiger partial charge on any atom is 0.294 e. The van der Waals surface area contributed by atoms with Crippen molar-refractivity contribution in [3.8, 4) is 0 Å². The fourth-order valence-corrected chi connectivity index (χ4v) is 5.79. The van der Waals surface area contributed by atoms with Crippen molar-refractivity contribution in [1.29, 1.82) is 0 Å². The van der Waals surface area contributed by atoms with E-state index in [0.29, 0.717) is 13.0 Å². The molecular formula is C18H20N2O5S2. The molecule has 27 heavy (non-hydrogen) atoms. The van der Waals surface area contributed by atoms with Crippen molar-refractivity contribution >= 4 is 44.7 Å². The molecule has 0 aliphatic carbocycles. The average Bonchev–Trinajstić information content (AvgIpc) is 3.10. The minimum Gasteiger partial charge on any atom is -0.337 e. The van der Waals surface area contributed by atoms with Crippen LogP contribution < -0.4 is 0 Å². The highest BCUT2D eigenvalue weighted by molar-refractivity contribution is 8.18. The summed E-state index contributed by atoms with van der Waals surface area (Å²) in [7, 11) is -3.13. The molecule has 0 spiro atoms. The minimum atomic E-state index is -3.13.